The molecule has 1 saturated heterocycles. The number of nitrogens with zero attached hydrogens (tertiary/aromatic N) is 2. The summed E-state index contributed by atoms with van der Waals surface area (Å²) < 4.78 is 5.62. The highest BCUT2D eigenvalue weighted by molar-refractivity contribution is 5.76. The number of hydrogen-bond acceptors (Lipinski definition) is 4. The summed E-state index contributed by atoms with van der Waals surface area (Å²) in [5.74, 6) is 1.57. The van der Waals surface area contributed by atoms with Crippen LogP contribution in [0.4, 0.5) is 0 Å². The van der Waals surface area contributed by atoms with Crippen LogP contribution in [0.3, 0.4) is 0 Å². The van der Waals surface area contributed by atoms with Crippen molar-refractivity contribution in [2.75, 3.05) is 46.9 Å². The minimum atomic E-state index is 0.152. The van der Waals surface area contributed by atoms with Gasteiger partial charge in [0, 0.05) is 38.6 Å². The highest BCUT2D eigenvalue weighted by Crippen LogP contribution is 2.24. The maximum Gasteiger partial charge on any atom is 0.222 e. The predicted octanol–water partition coefficient (Wildman–Crippen LogP) is 1.47. The van der Waals surface area contributed by atoms with Gasteiger partial charge in [-0.25, -0.2) is 0 Å². The normalized spacial score (nSPS) is 21.0. The van der Waals surface area contributed by atoms with Gasteiger partial charge in [0.15, 0.2) is 0 Å². The Labute approximate surface area is 138 Å². The second-order valence-corrected chi connectivity index (χ2v) is 6.53. The number of carbonyl (C=O) groups is 1. The van der Waals surface area contributed by atoms with Crippen LogP contribution in [0.25, 0.3) is 0 Å². The van der Waals surface area contributed by atoms with Crippen LogP contribution in [0.1, 0.15) is 12.8 Å². The summed E-state index contributed by atoms with van der Waals surface area (Å²) in [6, 6.07) is 9.65. The molecule has 2 atom stereocenters. The zero-order valence-electron chi connectivity index (χ0n) is 14.1. The third-order valence-electron chi connectivity index (χ3n) is 4.31. The van der Waals surface area contributed by atoms with Gasteiger partial charge in [0.1, 0.15) is 5.75 Å². The lowest BCUT2D eigenvalue weighted by atomic mass is 9.97. The molecule has 0 spiro atoms. The van der Waals surface area contributed by atoms with E-state index in [-0.39, 0.29) is 18.4 Å². The molecule has 5 heteroatoms. The number of aliphatic hydroxyl groups is 1. The Balaban J connectivity index is 1.71. The third kappa shape index (κ3) is 5.52. The van der Waals surface area contributed by atoms with Crippen LogP contribution >= 0.6 is 0 Å². The van der Waals surface area contributed by atoms with Gasteiger partial charge in [-0.05, 0) is 38.6 Å². The van der Waals surface area contributed by atoms with E-state index in [1.807, 2.05) is 49.3 Å². The monoisotopic (exact) mass is 320 g/mol. The smallest absolute Gasteiger partial charge is 0.222 e. The summed E-state index contributed by atoms with van der Waals surface area (Å²) in [6.07, 6.45) is 1.21. The lowest BCUT2D eigenvalue weighted by Gasteiger charge is -2.20. The van der Waals surface area contributed by atoms with Crippen LogP contribution in [-0.4, -0.2) is 67.8 Å². The summed E-state index contributed by atoms with van der Waals surface area (Å²) in [6.45, 7) is 3.04. The van der Waals surface area contributed by atoms with Crippen molar-refractivity contribution in [2.45, 2.75) is 12.8 Å². The van der Waals surface area contributed by atoms with Crippen molar-refractivity contribution in [1.82, 2.24) is 9.80 Å². The number of para-hydroxylation sites is 1. The van der Waals surface area contributed by atoms with Crippen LogP contribution in [0, 0.1) is 11.8 Å². The van der Waals surface area contributed by atoms with Gasteiger partial charge in [-0.15, -0.1) is 0 Å². The summed E-state index contributed by atoms with van der Waals surface area (Å²) in [4.78, 5) is 16.3. The fourth-order valence-electron chi connectivity index (χ4n) is 3.11. The van der Waals surface area contributed by atoms with E-state index in [4.69, 9.17) is 4.74 Å². The van der Waals surface area contributed by atoms with Gasteiger partial charge in [-0.2, -0.15) is 0 Å². The molecule has 1 aliphatic heterocycles. The van der Waals surface area contributed by atoms with Gasteiger partial charge in [0.05, 0.1) is 6.61 Å². The first-order chi connectivity index (χ1) is 11.1. The molecule has 1 fully saturated rings. The number of likely N-dealkylation sites (tertiary alicyclic amines) is 1. The summed E-state index contributed by atoms with van der Waals surface area (Å²) in [5.41, 5.74) is 0. The summed E-state index contributed by atoms with van der Waals surface area (Å²) in [5, 5.41) is 9.51. The van der Waals surface area contributed by atoms with E-state index in [0.29, 0.717) is 31.9 Å². The number of hydrogen-bond donors (Lipinski definition) is 1. The maximum atomic E-state index is 12.3. The molecule has 128 valence electrons. The molecule has 1 aliphatic rings. The van der Waals surface area contributed by atoms with Gasteiger partial charge >= 0.3 is 0 Å². The van der Waals surface area contributed by atoms with Crippen molar-refractivity contribution in [1.29, 1.82) is 0 Å². The van der Waals surface area contributed by atoms with Crippen molar-refractivity contribution in [3.05, 3.63) is 30.3 Å². The van der Waals surface area contributed by atoms with E-state index >= 15 is 0 Å². The van der Waals surface area contributed by atoms with Crippen LogP contribution in [0.15, 0.2) is 30.3 Å². The van der Waals surface area contributed by atoms with Gasteiger partial charge in [0.25, 0.3) is 0 Å². The molecule has 0 radical (unpaired) electrons. The molecular weight excluding hydrogens is 292 g/mol. The Kier molecular flexibility index (Phi) is 6.86. The SMILES string of the molecule is CN(C)C[C@@H]1CN(C(=O)CCCOc2ccccc2)C[C@@H]1CO. The molecule has 0 aromatic heterocycles. The van der Waals surface area contributed by atoms with Crippen molar-refractivity contribution >= 4 is 5.91 Å². The lowest BCUT2D eigenvalue weighted by molar-refractivity contribution is -0.130. The molecule has 5 nitrogen and oxygen atoms in total. The van der Waals surface area contributed by atoms with Crippen LogP contribution in [0.5, 0.6) is 5.75 Å². The molecule has 0 aliphatic carbocycles. The molecule has 1 N–H and O–H groups in total. The number of benzene rings is 1. The van der Waals surface area contributed by atoms with E-state index in [1.165, 1.54) is 0 Å². The van der Waals surface area contributed by atoms with Crippen molar-refractivity contribution < 1.29 is 14.6 Å². The Morgan fingerprint density at radius 2 is 1.96 bits per heavy atom. The van der Waals surface area contributed by atoms with Gasteiger partial charge in [-0.1, -0.05) is 18.2 Å². The summed E-state index contributed by atoms with van der Waals surface area (Å²) >= 11 is 0. The van der Waals surface area contributed by atoms with Crippen molar-refractivity contribution in [2.24, 2.45) is 11.8 Å². The van der Waals surface area contributed by atoms with E-state index in [0.717, 1.165) is 18.8 Å². The number of ether oxygens (including phenoxy) is 1. The predicted molar refractivity (Wildman–Crippen MR) is 90.4 cm³/mol. The number of amides is 1. The quantitative estimate of drug-likeness (QED) is 0.737. The van der Waals surface area contributed by atoms with E-state index in [2.05, 4.69) is 4.90 Å². The van der Waals surface area contributed by atoms with Gasteiger partial charge in [0.2, 0.25) is 5.91 Å². The Morgan fingerprint density at radius 1 is 1.26 bits per heavy atom. The molecule has 0 saturated carbocycles. The second kappa shape index (κ2) is 8.89. The van der Waals surface area contributed by atoms with E-state index in [9.17, 15) is 9.90 Å². The minimum absolute atomic E-state index is 0.152. The standard InChI is InChI=1S/C18H28N2O3/c1-19(2)11-15-12-20(13-16(15)14-21)18(22)9-6-10-23-17-7-4-3-5-8-17/h3-5,7-8,15-16,21H,6,9-14H2,1-2H3/t15-,16-/m1/s1. The molecule has 0 bridgehead atoms. The Hall–Kier alpha value is -1.59. The molecule has 1 aromatic rings. The molecule has 23 heavy (non-hydrogen) atoms. The Morgan fingerprint density at radius 3 is 2.61 bits per heavy atom. The molecule has 1 heterocycles. The van der Waals surface area contributed by atoms with Crippen LogP contribution in [-0.2, 0) is 4.79 Å². The molecule has 1 amide bonds. The number of rotatable bonds is 8. The van der Waals surface area contributed by atoms with Gasteiger partial charge in [-0.3, -0.25) is 4.79 Å². The number of aliphatic hydroxyl groups excluding tert-OH is 1. The fraction of sp³-hybridized carbons (Fsp3) is 0.611. The third-order valence-corrected chi connectivity index (χ3v) is 4.31. The number of carbonyl (C=O) groups excluding carboxylic acids is 1. The molecule has 0 unspecified atom stereocenters. The van der Waals surface area contributed by atoms with Gasteiger partial charge < -0.3 is 19.6 Å². The van der Waals surface area contributed by atoms with Crippen molar-refractivity contribution in [3.8, 4) is 5.75 Å². The highest BCUT2D eigenvalue weighted by atomic mass is 16.5. The average Bonchev–Trinajstić information content (AvgIpc) is 2.94. The molecule has 2 rings (SSSR count). The first kappa shape index (κ1) is 17.8. The molecule has 1 aromatic carbocycles. The fourth-order valence-corrected chi connectivity index (χ4v) is 3.11. The first-order valence-corrected chi connectivity index (χ1v) is 8.31. The summed E-state index contributed by atoms with van der Waals surface area (Å²) in [7, 11) is 4.06. The lowest BCUT2D eigenvalue weighted by Crippen LogP contribution is -2.30. The first-order valence-electron chi connectivity index (χ1n) is 8.31. The molecular formula is C18H28N2O3. The van der Waals surface area contributed by atoms with Crippen LogP contribution in [0.2, 0.25) is 0 Å². The maximum absolute atomic E-state index is 12.3. The zero-order chi connectivity index (χ0) is 16.7. The topological polar surface area (TPSA) is 53.0 Å². The van der Waals surface area contributed by atoms with Crippen LogP contribution < -0.4 is 4.74 Å². The second-order valence-electron chi connectivity index (χ2n) is 6.53. The Bertz CT molecular complexity index is 478. The largest absolute Gasteiger partial charge is 0.494 e. The minimum Gasteiger partial charge on any atom is -0.494 e. The van der Waals surface area contributed by atoms with E-state index < -0.39 is 0 Å². The highest BCUT2D eigenvalue weighted by Gasteiger charge is 2.34. The van der Waals surface area contributed by atoms with Crippen molar-refractivity contribution in [3.63, 3.8) is 0 Å². The zero-order valence-corrected chi connectivity index (χ0v) is 14.1. The average molecular weight is 320 g/mol. The van der Waals surface area contributed by atoms with E-state index in [1.54, 1.807) is 0 Å².